The SMILES string of the molecule is C=C(CCC[PH](=O)O)P(=O)(O)O. The molecule has 1 atom stereocenters. The Morgan fingerprint density at radius 3 is 2.33 bits per heavy atom. The lowest BCUT2D eigenvalue weighted by Gasteiger charge is -2.05. The maximum absolute atomic E-state index is 10.5. The van der Waals surface area contributed by atoms with Gasteiger partial charge in [-0.05, 0) is 12.8 Å². The van der Waals surface area contributed by atoms with Crippen molar-refractivity contribution in [3.63, 3.8) is 0 Å². The van der Waals surface area contributed by atoms with E-state index in [0.717, 1.165) is 0 Å². The van der Waals surface area contributed by atoms with E-state index in [2.05, 4.69) is 6.58 Å². The highest BCUT2D eigenvalue weighted by Crippen LogP contribution is 2.46. The van der Waals surface area contributed by atoms with E-state index in [9.17, 15) is 9.13 Å². The molecule has 3 N–H and O–H groups in total. The Bertz CT molecular complexity index is 230. The minimum atomic E-state index is -4.18. The van der Waals surface area contributed by atoms with E-state index in [1.54, 1.807) is 0 Å². The Labute approximate surface area is 71.1 Å². The minimum Gasteiger partial charge on any atom is -0.346 e. The van der Waals surface area contributed by atoms with Crippen molar-refractivity contribution in [2.45, 2.75) is 12.8 Å². The van der Waals surface area contributed by atoms with Crippen LogP contribution in [0, 0.1) is 0 Å². The third-order valence-electron chi connectivity index (χ3n) is 1.27. The molecule has 7 heteroatoms. The molecule has 1 unspecified atom stereocenters. The van der Waals surface area contributed by atoms with Gasteiger partial charge in [0.1, 0.15) is 0 Å². The first-order valence-corrected chi connectivity index (χ1v) is 6.47. The number of hydrogen-bond acceptors (Lipinski definition) is 2. The fraction of sp³-hybridized carbons (Fsp3) is 0.600. The van der Waals surface area contributed by atoms with E-state index in [4.69, 9.17) is 14.7 Å². The minimum absolute atomic E-state index is 0.0870. The predicted octanol–water partition coefficient (Wildman–Crippen LogP) is 0.925. The predicted molar refractivity (Wildman–Crippen MR) is 46.5 cm³/mol. The molecule has 12 heavy (non-hydrogen) atoms. The second kappa shape index (κ2) is 4.95. The molecule has 0 saturated heterocycles. The first-order valence-electron chi connectivity index (χ1n) is 3.29. The summed E-state index contributed by atoms with van der Waals surface area (Å²) in [5.74, 6) is 0. The lowest BCUT2D eigenvalue weighted by Crippen LogP contribution is -1.86. The molecule has 0 bridgehead atoms. The number of allylic oxidation sites excluding steroid dienone is 1. The Hall–Kier alpha value is 0.0800. The largest absolute Gasteiger partial charge is 0.351 e. The van der Waals surface area contributed by atoms with Crippen molar-refractivity contribution in [3.05, 3.63) is 11.9 Å². The van der Waals surface area contributed by atoms with Crippen LogP contribution in [0.1, 0.15) is 12.8 Å². The molecule has 0 heterocycles. The Morgan fingerprint density at radius 2 is 2.00 bits per heavy atom. The van der Waals surface area contributed by atoms with Crippen LogP contribution in [0.2, 0.25) is 0 Å². The van der Waals surface area contributed by atoms with E-state index in [1.165, 1.54) is 0 Å². The summed E-state index contributed by atoms with van der Waals surface area (Å²) in [5.41, 5.74) is 0. The molecule has 72 valence electrons. The summed E-state index contributed by atoms with van der Waals surface area (Å²) in [5, 5.41) is -0.175. The molecule has 0 aromatic carbocycles. The zero-order valence-electron chi connectivity index (χ0n) is 6.43. The molecule has 0 radical (unpaired) electrons. The van der Waals surface area contributed by atoms with Crippen molar-refractivity contribution in [1.29, 1.82) is 0 Å². The van der Waals surface area contributed by atoms with Gasteiger partial charge < -0.3 is 14.7 Å². The van der Waals surface area contributed by atoms with Crippen LogP contribution in [0.4, 0.5) is 0 Å². The summed E-state index contributed by atoms with van der Waals surface area (Å²) in [6.07, 6.45) is 0.475. The molecule has 0 aromatic heterocycles. The molecule has 0 saturated carbocycles. The van der Waals surface area contributed by atoms with Gasteiger partial charge >= 0.3 is 7.60 Å². The van der Waals surface area contributed by atoms with Crippen molar-refractivity contribution >= 4 is 15.6 Å². The summed E-state index contributed by atoms with van der Waals surface area (Å²) in [7, 11) is -6.70. The number of hydrogen-bond donors (Lipinski definition) is 3. The van der Waals surface area contributed by atoms with E-state index in [0.29, 0.717) is 0 Å². The standard InChI is InChI=1S/C5H12O5P2/c1-5(12(8,9)10)3-2-4-11(6)7/h11H,1-4H2,(H,6,7)(H2,8,9,10). The third kappa shape index (κ3) is 5.70. The Kier molecular flexibility index (Phi) is 4.98. The van der Waals surface area contributed by atoms with Crippen LogP contribution in [0.5, 0.6) is 0 Å². The molecule has 0 spiro atoms. The summed E-state index contributed by atoms with van der Waals surface area (Å²) in [6, 6.07) is 0. The van der Waals surface area contributed by atoms with Gasteiger partial charge in [-0.25, -0.2) is 0 Å². The van der Waals surface area contributed by atoms with Crippen molar-refractivity contribution in [2.75, 3.05) is 6.16 Å². The van der Waals surface area contributed by atoms with Crippen LogP contribution in [0.15, 0.2) is 11.9 Å². The molecular formula is C5H12O5P2. The van der Waals surface area contributed by atoms with Crippen LogP contribution < -0.4 is 0 Å². The lowest BCUT2D eigenvalue weighted by atomic mass is 10.3. The maximum Gasteiger partial charge on any atom is 0.351 e. The summed E-state index contributed by atoms with van der Waals surface area (Å²) in [6.45, 7) is 3.19. The van der Waals surface area contributed by atoms with Crippen LogP contribution >= 0.6 is 15.6 Å². The molecule has 0 aromatic rings. The molecule has 0 amide bonds. The van der Waals surface area contributed by atoms with E-state index in [-0.39, 0.29) is 24.3 Å². The molecule has 0 rings (SSSR count). The van der Waals surface area contributed by atoms with Gasteiger partial charge in [-0.15, -0.1) is 0 Å². The monoisotopic (exact) mass is 214 g/mol. The van der Waals surface area contributed by atoms with Gasteiger partial charge in [-0.1, -0.05) is 6.58 Å². The quantitative estimate of drug-likeness (QED) is 0.591. The highest BCUT2D eigenvalue weighted by atomic mass is 31.2. The lowest BCUT2D eigenvalue weighted by molar-refractivity contribution is 0.380. The molecular weight excluding hydrogens is 202 g/mol. The van der Waals surface area contributed by atoms with E-state index < -0.39 is 15.6 Å². The smallest absolute Gasteiger partial charge is 0.346 e. The van der Waals surface area contributed by atoms with Gasteiger partial charge in [0.2, 0.25) is 0 Å². The zero-order chi connectivity index (χ0) is 9.78. The third-order valence-corrected chi connectivity index (χ3v) is 3.10. The van der Waals surface area contributed by atoms with Gasteiger partial charge in [0.05, 0.1) is 0 Å². The van der Waals surface area contributed by atoms with Gasteiger partial charge in [-0.3, -0.25) is 9.13 Å². The van der Waals surface area contributed by atoms with Crippen LogP contribution in [-0.2, 0) is 9.13 Å². The summed E-state index contributed by atoms with van der Waals surface area (Å²) in [4.78, 5) is 25.5. The van der Waals surface area contributed by atoms with Crippen molar-refractivity contribution < 1.29 is 23.8 Å². The first-order chi connectivity index (χ1) is 5.34. The first kappa shape index (κ1) is 12.1. The summed E-state index contributed by atoms with van der Waals surface area (Å²) >= 11 is 0. The molecule has 0 aliphatic heterocycles. The zero-order valence-corrected chi connectivity index (χ0v) is 8.33. The maximum atomic E-state index is 10.5. The highest BCUT2D eigenvalue weighted by molar-refractivity contribution is 7.56. The van der Waals surface area contributed by atoms with Crippen LogP contribution in [0.3, 0.4) is 0 Å². The van der Waals surface area contributed by atoms with Gasteiger partial charge in [0.15, 0.2) is 8.03 Å². The van der Waals surface area contributed by atoms with E-state index in [1.807, 2.05) is 0 Å². The van der Waals surface area contributed by atoms with Crippen molar-refractivity contribution in [1.82, 2.24) is 0 Å². The van der Waals surface area contributed by atoms with Crippen molar-refractivity contribution in [2.24, 2.45) is 0 Å². The normalized spacial score (nSPS) is 14.2. The summed E-state index contributed by atoms with van der Waals surface area (Å²) < 4.78 is 20.7. The molecule has 5 nitrogen and oxygen atoms in total. The molecule has 0 aliphatic carbocycles. The average Bonchev–Trinajstić information content (AvgIpc) is 1.84. The Balaban J connectivity index is 3.74. The average molecular weight is 214 g/mol. The fourth-order valence-electron chi connectivity index (χ4n) is 0.589. The van der Waals surface area contributed by atoms with Gasteiger partial charge in [-0.2, -0.15) is 0 Å². The van der Waals surface area contributed by atoms with Crippen LogP contribution in [-0.4, -0.2) is 20.8 Å². The molecule has 0 aliphatic rings. The van der Waals surface area contributed by atoms with Gasteiger partial charge in [0.25, 0.3) is 0 Å². The molecule has 0 fully saturated rings. The van der Waals surface area contributed by atoms with Crippen LogP contribution in [0.25, 0.3) is 0 Å². The van der Waals surface area contributed by atoms with Gasteiger partial charge in [0, 0.05) is 11.5 Å². The fourth-order valence-corrected chi connectivity index (χ4v) is 1.52. The Morgan fingerprint density at radius 1 is 1.50 bits per heavy atom. The second-order valence-corrected chi connectivity index (χ2v) is 5.37. The number of rotatable bonds is 5. The highest BCUT2D eigenvalue weighted by Gasteiger charge is 2.17. The van der Waals surface area contributed by atoms with Crippen molar-refractivity contribution in [3.8, 4) is 0 Å². The second-order valence-electron chi connectivity index (χ2n) is 2.36. The topological polar surface area (TPSA) is 94.8 Å². The van der Waals surface area contributed by atoms with E-state index >= 15 is 0 Å².